The Labute approximate surface area is 181 Å². The maximum absolute atomic E-state index is 7.11. The number of fused-ring (bicyclic) bond motifs is 1. The Morgan fingerprint density at radius 3 is 2.77 bits per heavy atom. The van der Waals surface area contributed by atoms with Gasteiger partial charge in [-0.3, -0.25) is 0 Å². The fourth-order valence-electron chi connectivity index (χ4n) is 3.52. The van der Waals surface area contributed by atoms with Gasteiger partial charge in [0.25, 0.3) is 0 Å². The first-order valence-electron chi connectivity index (χ1n) is 10.1. The summed E-state index contributed by atoms with van der Waals surface area (Å²) in [7, 11) is 1.95. The van der Waals surface area contributed by atoms with E-state index in [1.165, 1.54) is 0 Å². The lowest BCUT2D eigenvalue weighted by atomic mass is 9.99. The molecule has 31 heavy (non-hydrogen) atoms. The molecule has 4 aromatic rings. The first kappa shape index (κ1) is 20.3. The van der Waals surface area contributed by atoms with Crippen molar-refractivity contribution in [3.63, 3.8) is 0 Å². The van der Waals surface area contributed by atoms with Gasteiger partial charge in [-0.05, 0) is 41.8 Å². The molecule has 0 fully saturated rings. The predicted molar refractivity (Wildman–Crippen MR) is 123 cm³/mol. The first-order chi connectivity index (χ1) is 15.2. The average Bonchev–Trinajstić information content (AvgIpc) is 3.21. The number of rotatable bonds is 7. The molecule has 4 rings (SSSR count). The number of benzene rings is 2. The van der Waals surface area contributed by atoms with E-state index in [4.69, 9.17) is 16.4 Å². The SMILES string of the molecule is [C-]#[N+]CCc1cc2c(/C=N/OCc3ccccc3)cc(-c3cncn3C)nc2cc1C. The van der Waals surface area contributed by atoms with E-state index in [0.29, 0.717) is 13.2 Å². The molecule has 2 aromatic heterocycles. The Morgan fingerprint density at radius 2 is 2.03 bits per heavy atom. The molecule has 0 aliphatic rings. The minimum Gasteiger partial charge on any atom is -0.391 e. The van der Waals surface area contributed by atoms with Crippen LogP contribution >= 0.6 is 0 Å². The Bertz CT molecular complexity index is 1270. The van der Waals surface area contributed by atoms with Gasteiger partial charge in [0.1, 0.15) is 6.61 Å². The summed E-state index contributed by atoms with van der Waals surface area (Å²) < 4.78 is 1.94. The lowest BCUT2D eigenvalue weighted by molar-refractivity contribution is 0.132. The fraction of sp³-hybridized carbons (Fsp3) is 0.200. The summed E-state index contributed by atoms with van der Waals surface area (Å²) >= 11 is 0. The van der Waals surface area contributed by atoms with Crippen molar-refractivity contribution in [2.45, 2.75) is 20.0 Å². The van der Waals surface area contributed by atoms with Gasteiger partial charge >= 0.3 is 0 Å². The number of hydrogen-bond donors (Lipinski definition) is 0. The second kappa shape index (κ2) is 9.23. The van der Waals surface area contributed by atoms with E-state index < -0.39 is 0 Å². The average molecular weight is 409 g/mol. The quantitative estimate of drug-likeness (QED) is 0.246. The monoisotopic (exact) mass is 409 g/mol. The highest BCUT2D eigenvalue weighted by molar-refractivity contribution is 6.00. The molecule has 0 unspecified atom stereocenters. The Morgan fingerprint density at radius 1 is 1.19 bits per heavy atom. The number of hydrogen-bond acceptors (Lipinski definition) is 4. The summed E-state index contributed by atoms with van der Waals surface area (Å²) in [6.07, 6.45) is 6.02. The van der Waals surface area contributed by atoms with Crippen LogP contribution in [-0.4, -0.2) is 27.3 Å². The molecule has 0 radical (unpaired) electrons. The normalized spacial score (nSPS) is 11.1. The third-order valence-electron chi connectivity index (χ3n) is 5.21. The molecule has 0 N–H and O–H groups in total. The summed E-state index contributed by atoms with van der Waals surface area (Å²) in [5, 5.41) is 5.21. The number of aromatic nitrogens is 3. The smallest absolute Gasteiger partial charge is 0.218 e. The minimum atomic E-state index is 0.407. The third-order valence-corrected chi connectivity index (χ3v) is 5.21. The van der Waals surface area contributed by atoms with Crippen LogP contribution < -0.4 is 0 Å². The van der Waals surface area contributed by atoms with E-state index in [2.05, 4.69) is 34.0 Å². The Hall–Kier alpha value is -3.98. The third kappa shape index (κ3) is 4.62. The number of aryl methyl sites for hydroxylation is 2. The molecular weight excluding hydrogens is 386 g/mol. The van der Waals surface area contributed by atoms with Crippen molar-refractivity contribution in [1.82, 2.24) is 14.5 Å². The second-order valence-electron chi connectivity index (χ2n) is 7.41. The van der Waals surface area contributed by atoms with E-state index in [9.17, 15) is 0 Å². The van der Waals surface area contributed by atoms with Gasteiger partial charge in [-0.1, -0.05) is 35.5 Å². The molecule has 0 amide bonds. The summed E-state index contributed by atoms with van der Waals surface area (Å²) in [6.45, 7) is 10.0. The number of imidazole rings is 1. The molecular formula is C25H23N5O. The van der Waals surface area contributed by atoms with E-state index >= 15 is 0 Å². The highest BCUT2D eigenvalue weighted by Gasteiger charge is 2.12. The van der Waals surface area contributed by atoms with Gasteiger partial charge in [0.2, 0.25) is 6.54 Å². The maximum atomic E-state index is 7.11. The van der Waals surface area contributed by atoms with Crippen molar-refractivity contribution in [3.8, 4) is 11.4 Å². The highest BCUT2D eigenvalue weighted by Crippen LogP contribution is 2.26. The van der Waals surface area contributed by atoms with Crippen LogP contribution in [0.3, 0.4) is 0 Å². The standard InChI is InChI=1S/C25H23N5O/c1-18-11-23-22(12-20(18)9-10-26-2)21(13-24(29-23)25-15-27-17-30(25)3)14-28-31-16-19-7-5-4-6-8-19/h4-8,11-15,17H,9-10,16H2,1,3H3/b28-14+. The van der Waals surface area contributed by atoms with Crippen molar-refractivity contribution < 1.29 is 4.84 Å². The van der Waals surface area contributed by atoms with Crippen molar-refractivity contribution in [1.29, 1.82) is 0 Å². The maximum Gasteiger partial charge on any atom is 0.218 e. The van der Waals surface area contributed by atoms with Crippen LogP contribution in [0.1, 0.15) is 22.3 Å². The first-order valence-corrected chi connectivity index (χ1v) is 10.1. The summed E-state index contributed by atoms with van der Waals surface area (Å²) in [6, 6.07) is 16.1. The van der Waals surface area contributed by atoms with Crippen LogP contribution in [0.4, 0.5) is 0 Å². The van der Waals surface area contributed by atoms with E-state index in [-0.39, 0.29) is 0 Å². The number of pyridine rings is 1. The van der Waals surface area contributed by atoms with Crippen LogP contribution in [0.15, 0.2) is 66.2 Å². The van der Waals surface area contributed by atoms with Crippen LogP contribution in [0, 0.1) is 13.5 Å². The van der Waals surface area contributed by atoms with E-state index in [0.717, 1.165) is 51.0 Å². The van der Waals surface area contributed by atoms with Crippen LogP contribution in [0.5, 0.6) is 0 Å². The molecule has 0 aliphatic heterocycles. The van der Waals surface area contributed by atoms with Crippen molar-refractivity contribution in [2.75, 3.05) is 6.54 Å². The van der Waals surface area contributed by atoms with Gasteiger partial charge in [-0.2, -0.15) is 0 Å². The number of nitrogens with zero attached hydrogens (tertiary/aromatic N) is 5. The van der Waals surface area contributed by atoms with E-state index in [1.807, 2.05) is 48.0 Å². The molecule has 0 saturated carbocycles. The highest BCUT2D eigenvalue weighted by atomic mass is 16.6. The fourth-order valence-corrected chi connectivity index (χ4v) is 3.52. The lowest BCUT2D eigenvalue weighted by Crippen LogP contribution is -1.99. The van der Waals surface area contributed by atoms with Gasteiger partial charge in [0, 0.05) is 24.4 Å². The van der Waals surface area contributed by atoms with Crippen LogP contribution in [0.25, 0.3) is 27.1 Å². The van der Waals surface area contributed by atoms with Crippen LogP contribution in [0.2, 0.25) is 0 Å². The van der Waals surface area contributed by atoms with Crippen molar-refractivity contribution >= 4 is 17.1 Å². The zero-order valence-corrected chi connectivity index (χ0v) is 17.6. The summed E-state index contributed by atoms with van der Waals surface area (Å²) in [5.74, 6) is 0. The topological polar surface area (TPSA) is 56.7 Å². The Kier molecular flexibility index (Phi) is 6.04. The van der Waals surface area contributed by atoms with Gasteiger partial charge < -0.3 is 14.2 Å². The van der Waals surface area contributed by atoms with Crippen LogP contribution in [-0.2, 0) is 24.9 Å². The molecule has 2 aromatic carbocycles. The zero-order valence-electron chi connectivity index (χ0n) is 17.6. The number of oxime groups is 1. The predicted octanol–water partition coefficient (Wildman–Crippen LogP) is 4.96. The van der Waals surface area contributed by atoms with E-state index in [1.54, 1.807) is 18.7 Å². The van der Waals surface area contributed by atoms with Gasteiger partial charge in [-0.25, -0.2) is 16.5 Å². The van der Waals surface area contributed by atoms with Crippen molar-refractivity contribution in [3.05, 3.63) is 94.7 Å². The summed E-state index contributed by atoms with van der Waals surface area (Å²) in [4.78, 5) is 18.1. The second-order valence-corrected chi connectivity index (χ2v) is 7.41. The van der Waals surface area contributed by atoms with Gasteiger partial charge in [-0.15, -0.1) is 0 Å². The largest absolute Gasteiger partial charge is 0.391 e. The van der Waals surface area contributed by atoms with Gasteiger partial charge in [0.05, 0.1) is 35.6 Å². The molecule has 2 heterocycles. The van der Waals surface area contributed by atoms with Gasteiger partial charge in [0.15, 0.2) is 0 Å². The lowest BCUT2D eigenvalue weighted by Gasteiger charge is -2.11. The Balaban J connectivity index is 1.73. The summed E-state index contributed by atoms with van der Waals surface area (Å²) in [5.41, 5.74) is 6.90. The minimum absolute atomic E-state index is 0.407. The molecule has 6 nitrogen and oxygen atoms in total. The molecule has 0 atom stereocenters. The molecule has 154 valence electrons. The molecule has 0 aliphatic carbocycles. The molecule has 6 heteroatoms. The molecule has 0 bridgehead atoms. The molecule has 0 saturated heterocycles. The molecule has 0 spiro atoms. The van der Waals surface area contributed by atoms with Crippen molar-refractivity contribution in [2.24, 2.45) is 12.2 Å². The zero-order chi connectivity index (χ0) is 21.6.